The zero-order chi connectivity index (χ0) is 11.3. The summed E-state index contributed by atoms with van der Waals surface area (Å²) in [6.45, 7) is 4.34. The summed E-state index contributed by atoms with van der Waals surface area (Å²) in [5.41, 5.74) is 0.302. The van der Waals surface area contributed by atoms with Crippen LogP contribution in [-0.2, 0) is 4.79 Å². The fraction of sp³-hybridized carbons (Fsp3) is 0.923. The number of hydrogen-bond donors (Lipinski definition) is 1. The molecule has 0 saturated heterocycles. The van der Waals surface area contributed by atoms with Gasteiger partial charge in [-0.25, -0.2) is 0 Å². The molecule has 0 spiro atoms. The number of carboxylic acids is 1. The monoisotopic (exact) mass is 212 g/mol. The van der Waals surface area contributed by atoms with E-state index in [4.69, 9.17) is 5.11 Å². The second-order valence-corrected chi connectivity index (χ2v) is 5.40. The Morgan fingerprint density at radius 2 is 1.93 bits per heavy atom. The van der Waals surface area contributed by atoms with Gasteiger partial charge in [0.2, 0.25) is 0 Å². The molecule has 0 aliphatic heterocycles. The summed E-state index contributed by atoms with van der Waals surface area (Å²) in [7, 11) is 0. The van der Waals surface area contributed by atoms with E-state index in [1.54, 1.807) is 0 Å². The van der Waals surface area contributed by atoms with Crippen LogP contribution < -0.4 is 0 Å². The summed E-state index contributed by atoms with van der Waals surface area (Å²) in [4.78, 5) is 11.1. The normalized spacial score (nSPS) is 22.3. The molecule has 1 rings (SSSR count). The van der Waals surface area contributed by atoms with Crippen LogP contribution in [0.2, 0.25) is 0 Å². The van der Waals surface area contributed by atoms with Gasteiger partial charge in [0.1, 0.15) is 0 Å². The van der Waals surface area contributed by atoms with Crippen LogP contribution in [0.3, 0.4) is 0 Å². The maximum absolute atomic E-state index is 11.1. The third kappa shape index (κ3) is 3.84. The van der Waals surface area contributed by atoms with Crippen LogP contribution in [0.4, 0.5) is 0 Å². The van der Waals surface area contributed by atoms with E-state index >= 15 is 0 Å². The minimum absolute atomic E-state index is 0.113. The molecular weight excluding hydrogens is 188 g/mol. The molecule has 0 bridgehead atoms. The second-order valence-electron chi connectivity index (χ2n) is 5.40. The lowest BCUT2D eigenvalue weighted by Gasteiger charge is -2.35. The molecule has 2 heteroatoms. The van der Waals surface area contributed by atoms with Crippen molar-refractivity contribution in [2.75, 3.05) is 0 Å². The van der Waals surface area contributed by atoms with Gasteiger partial charge in [0, 0.05) is 0 Å². The van der Waals surface area contributed by atoms with Crippen molar-refractivity contribution in [1.82, 2.24) is 0 Å². The van der Waals surface area contributed by atoms with Crippen molar-refractivity contribution in [2.45, 2.75) is 65.2 Å². The fourth-order valence-electron chi connectivity index (χ4n) is 2.87. The van der Waals surface area contributed by atoms with Gasteiger partial charge < -0.3 is 5.11 Å². The summed E-state index contributed by atoms with van der Waals surface area (Å²) < 4.78 is 0. The Labute approximate surface area is 93.1 Å². The lowest BCUT2D eigenvalue weighted by Crippen LogP contribution is -2.27. The molecule has 1 aliphatic carbocycles. The molecule has 0 aromatic carbocycles. The highest BCUT2D eigenvalue weighted by atomic mass is 16.4. The fourth-order valence-corrected chi connectivity index (χ4v) is 2.87. The Kier molecular flexibility index (Phi) is 4.62. The van der Waals surface area contributed by atoms with Crippen LogP contribution in [0.25, 0.3) is 0 Å². The van der Waals surface area contributed by atoms with Gasteiger partial charge in [-0.3, -0.25) is 4.79 Å². The molecule has 1 atom stereocenters. The first kappa shape index (κ1) is 12.5. The second kappa shape index (κ2) is 5.53. The molecular formula is C13H24O2. The van der Waals surface area contributed by atoms with E-state index in [-0.39, 0.29) is 5.92 Å². The highest BCUT2D eigenvalue weighted by molar-refractivity contribution is 5.69. The Morgan fingerprint density at radius 3 is 2.40 bits per heavy atom. The SMILES string of the molecule is CCCC(CC1(C)CCCCC1)C(=O)O. The van der Waals surface area contributed by atoms with Crippen molar-refractivity contribution in [3.8, 4) is 0 Å². The molecule has 0 radical (unpaired) electrons. The van der Waals surface area contributed by atoms with E-state index in [0.717, 1.165) is 19.3 Å². The minimum atomic E-state index is -0.594. The van der Waals surface area contributed by atoms with Gasteiger partial charge in [-0.15, -0.1) is 0 Å². The van der Waals surface area contributed by atoms with Gasteiger partial charge in [0.15, 0.2) is 0 Å². The van der Waals surface area contributed by atoms with E-state index in [2.05, 4.69) is 13.8 Å². The highest BCUT2D eigenvalue weighted by Gasteiger charge is 2.32. The smallest absolute Gasteiger partial charge is 0.306 e. The summed E-state index contributed by atoms with van der Waals surface area (Å²) in [6.07, 6.45) is 9.06. The minimum Gasteiger partial charge on any atom is -0.481 e. The molecule has 1 unspecified atom stereocenters. The molecule has 1 fully saturated rings. The zero-order valence-corrected chi connectivity index (χ0v) is 10.1. The number of hydrogen-bond acceptors (Lipinski definition) is 1. The van der Waals surface area contributed by atoms with Crippen LogP contribution in [0, 0.1) is 11.3 Å². The third-order valence-electron chi connectivity index (χ3n) is 3.79. The molecule has 15 heavy (non-hydrogen) atoms. The first-order chi connectivity index (χ1) is 7.07. The average molecular weight is 212 g/mol. The Bertz CT molecular complexity index is 205. The Morgan fingerprint density at radius 1 is 1.33 bits per heavy atom. The summed E-state index contributed by atoms with van der Waals surface area (Å²) in [6, 6.07) is 0. The predicted octanol–water partition coefficient (Wildman–Crippen LogP) is 3.85. The lowest BCUT2D eigenvalue weighted by molar-refractivity contribution is -0.143. The quantitative estimate of drug-likeness (QED) is 0.751. The molecule has 0 heterocycles. The van der Waals surface area contributed by atoms with E-state index in [9.17, 15) is 4.79 Å². The van der Waals surface area contributed by atoms with E-state index in [1.807, 2.05) is 0 Å². The van der Waals surface area contributed by atoms with E-state index in [0.29, 0.717) is 5.41 Å². The van der Waals surface area contributed by atoms with Crippen molar-refractivity contribution in [3.05, 3.63) is 0 Å². The molecule has 0 aromatic rings. The van der Waals surface area contributed by atoms with Gasteiger partial charge in [-0.05, 0) is 31.1 Å². The summed E-state index contributed by atoms with van der Waals surface area (Å²) >= 11 is 0. The number of rotatable bonds is 5. The average Bonchev–Trinajstić information content (AvgIpc) is 2.18. The maximum atomic E-state index is 11.1. The molecule has 2 nitrogen and oxygen atoms in total. The first-order valence-electron chi connectivity index (χ1n) is 6.30. The number of carboxylic acid groups (broad SMARTS) is 1. The summed E-state index contributed by atoms with van der Waals surface area (Å²) in [5.74, 6) is -0.707. The van der Waals surface area contributed by atoms with E-state index < -0.39 is 5.97 Å². The molecule has 88 valence electrons. The highest BCUT2D eigenvalue weighted by Crippen LogP contribution is 2.41. The van der Waals surface area contributed by atoms with Crippen molar-refractivity contribution in [2.24, 2.45) is 11.3 Å². The van der Waals surface area contributed by atoms with Crippen molar-refractivity contribution in [3.63, 3.8) is 0 Å². The van der Waals surface area contributed by atoms with Gasteiger partial charge >= 0.3 is 5.97 Å². The predicted molar refractivity (Wildman–Crippen MR) is 61.8 cm³/mol. The number of aliphatic carboxylic acids is 1. The number of carbonyl (C=O) groups is 1. The lowest BCUT2D eigenvalue weighted by atomic mass is 9.70. The molecule has 0 amide bonds. The Balaban J connectivity index is 2.51. The first-order valence-corrected chi connectivity index (χ1v) is 6.30. The van der Waals surface area contributed by atoms with E-state index in [1.165, 1.54) is 32.1 Å². The van der Waals surface area contributed by atoms with Crippen LogP contribution in [0.1, 0.15) is 65.2 Å². The van der Waals surface area contributed by atoms with Crippen LogP contribution in [-0.4, -0.2) is 11.1 Å². The standard InChI is InChI=1S/C13H24O2/c1-3-7-11(12(14)15)10-13(2)8-5-4-6-9-13/h11H,3-10H2,1-2H3,(H,14,15). The van der Waals surface area contributed by atoms with Gasteiger partial charge in [0.25, 0.3) is 0 Å². The maximum Gasteiger partial charge on any atom is 0.306 e. The van der Waals surface area contributed by atoms with Crippen molar-refractivity contribution < 1.29 is 9.90 Å². The Hall–Kier alpha value is -0.530. The van der Waals surface area contributed by atoms with Gasteiger partial charge in [-0.2, -0.15) is 0 Å². The van der Waals surface area contributed by atoms with Crippen LogP contribution in [0.5, 0.6) is 0 Å². The molecule has 1 saturated carbocycles. The van der Waals surface area contributed by atoms with Crippen molar-refractivity contribution in [1.29, 1.82) is 0 Å². The third-order valence-corrected chi connectivity index (χ3v) is 3.79. The van der Waals surface area contributed by atoms with Crippen LogP contribution in [0.15, 0.2) is 0 Å². The summed E-state index contributed by atoms with van der Waals surface area (Å²) in [5, 5.41) is 9.15. The van der Waals surface area contributed by atoms with Crippen molar-refractivity contribution >= 4 is 5.97 Å². The molecule has 1 aliphatic rings. The largest absolute Gasteiger partial charge is 0.481 e. The molecule has 1 N–H and O–H groups in total. The topological polar surface area (TPSA) is 37.3 Å². The van der Waals surface area contributed by atoms with Crippen LogP contribution >= 0.6 is 0 Å². The van der Waals surface area contributed by atoms with Gasteiger partial charge in [-0.1, -0.05) is 39.5 Å². The zero-order valence-electron chi connectivity index (χ0n) is 10.1. The van der Waals surface area contributed by atoms with Gasteiger partial charge in [0.05, 0.1) is 5.92 Å². The molecule has 0 aromatic heterocycles.